The van der Waals surface area contributed by atoms with E-state index in [1.807, 2.05) is 42.5 Å². The number of fused-ring (bicyclic) bond motifs is 3. The maximum Gasteiger partial charge on any atom is 0.338 e. The van der Waals surface area contributed by atoms with Gasteiger partial charge in [0.1, 0.15) is 0 Å². The molecule has 0 spiro atoms. The van der Waals surface area contributed by atoms with Gasteiger partial charge < -0.3 is 14.0 Å². The number of ether oxygens (including phenoxy) is 2. The molecular formula is C25H23NO4. The zero-order valence-corrected chi connectivity index (χ0v) is 17.1. The summed E-state index contributed by atoms with van der Waals surface area (Å²) in [5.41, 5.74) is 3.97. The van der Waals surface area contributed by atoms with Gasteiger partial charge in [-0.1, -0.05) is 42.5 Å². The van der Waals surface area contributed by atoms with Gasteiger partial charge in [0.15, 0.2) is 0 Å². The van der Waals surface area contributed by atoms with Gasteiger partial charge in [0.05, 0.1) is 35.4 Å². The van der Waals surface area contributed by atoms with Gasteiger partial charge in [-0.25, -0.2) is 9.59 Å². The highest BCUT2D eigenvalue weighted by Gasteiger charge is 2.17. The van der Waals surface area contributed by atoms with Crippen LogP contribution in [0.4, 0.5) is 0 Å². The van der Waals surface area contributed by atoms with Crippen LogP contribution in [0, 0.1) is 0 Å². The van der Waals surface area contributed by atoms with Gasteiger partial charge in [0.2, 0.25) is 0 Å². The molecule has 1 heterocycles. The van der Waals surface area contributed by atoms with E-state index in [-0.39, 0.29) is 11.9 Å². The second-order valence-corrected chi connectivity index (χ2v) is 6.98. The molecule has 0 saturated heterocycles. The van der Waals surface area contributed by atoms with E-state index in [1.165, 1.54) is 0 Å². The van der Waals surface area contributed by atoms with Gasteiger partial charge in [0, 0.05) is 17.3 Å². The van der Waals surface area contributed by atoms with Crippen LogP contribution in [0.25, 0.3) is 21.8 Å². The first-order valence-electron chi connectivity index (χ1n) is 10.1. The molecule has 30 heavy (non-hydrogen) atoms. The average molecular weight is 401 g/mol. The normalized spacial score (nSPS) is 11.0. The van der Waals surface area contributed by atoms with Crippen molar-refractivity contribution in [2.45, 2.75) is 20.4 Å². The van der Waals surface area contributed by atoms with Crippen LogP contribution < -0.4 is 0 Å². The third-order valence-electron chi connectivity index (χ3n) is 5.07. The Bertz CT molecular complexity index is 1150. The summed E-state index contributed by atoms with van der Waals surface area (Å²) in [7, 11) is 0. The highest BCUT2D eigenvalue weighted by molar-refractivity contribution is 6.11. The lowest BCUT2D eigenvalue weighted by atomic mass is 10.1. The van der Waals surface area contributed by atoms with Crippen LogP contribution in [-0.4, -0.2) is 29.7 Å². The molecule has 5 nitrogen and oxygen atoms in total. The molecule has 0 aliphatic heterocycles. The summed E-state index contributed by atoms with van der Waals surface area (Å²) in [5.74, 6) is -0.689. The molecule has 0 atom stereocenters. The maximum atomic E-state index is 12.3. The molecule has 0 saturated carbocycles. The molecule has 4 aromatic rings. The number of aromatic nitrogens is 1. The molecule has 0 radical (unpaired) electrons. The number of esters is 2. The zero-order valence-electron chi connectivity index (χ0n) is 17.1. The van der Waals surface area contributed by atoms with Crippen LogP contribution in [0.5, 0.6) is 0 Å². The van der Waals surface area contributed by atoms with Gasteiger partial charge in [-0.05, 0) is 43.7 Å². The summed E-state index contributed by atoms with van der Waals surface area (Å²) >= 11 is 0. The maximum absolute atomic E-state index is 12.3. The van der Waals surface area contributed by atoms with Crippen molar-refractivity contribution in [3.63, 3.8) is 0 Å². The number of nitrogens with zero attached hydrogens (tertiary/aromatic N) is 1. The standard InChI is InChI=1S/C25H23NO4/c1-3-29-24(27)18-10-12-20-21-13-11-19(25(28)30-4-2)15-23(21)26(22(20)14-18)16-17-8-6-5-7-9-17/h5-15H,3-4,16H2,1-2H3. The molecule has 0 N–H and O–H groups in total. The first-order chi connectivity index (χ1) is 14.6. The monoisotopic (exact) mass is 401 g/mol. The van der Waals surface area contributed by atoms with E-state index in [2.05, 4.69) is 16.7 Å². The minimum atomic E-state index is -0.344. The van der Waals surface area contributed by atoms with E-state index >= 15 is 0 Å². The second-order valence-electron chi connectivity index (χ2n) is 6.98. The Morgan fingerprint density at radius 3 is 1.70 bits per heavy atom. The summed E-state index contributed by atoms with van der Waals surface area (Å²) in [4.78, 5) is 24.6. The molecule has 0 unspecified atom stereocenters. The largest absolute Gasteiger partial charge is 0.462 e. The first kappa shape index (κ1) is 19.7. The number of hydrogen-bond acceptors (Lipinski definition) is 4. The van der Waals surface area contributed by atoms with Crippen molar-refractivity contribution in [2.75, 3.05) is 13.2 Å². The Morgan fingerprint density at radius 1 is 0.733 bits per heavy atom. The van der Waals surface area contributed by atoms with Crippen LogP contribution in [0.15, 0.2) is 66.7 Å². The zero-order chi connectivity index (χ0) is 21.1. The third-order valence-corrected chi connectivity index (χ3v) is 5.07. The van der Waals surface area contributed by atoms with Gasteiger partial charge in [-0.3, -0.25) is 0 Å². The topological polar surface area (TPSA) is 57.5 Å². The highest BCUT2D eigenvalue weighted by Crippen LogP contribution is 2.31. The summed E-state index contributed by atoms with van der Waals surface area (Å²) < 4.78 is 12.5. The average Bonchev–Trinajstić information content (AvgIpc) is 3.07. The summed E-state index contributed by atoms with van der Waals surface area (Å²) in [6.07, 6.45) is 0. The molecule has 0 bridgehead atoms. The van der Waals surface area contributed by atoms with E-state index < -0.39 is 0 Å². The Hall–Kier alpha value is -3.60. The van der Waals surface area contributed by atoms with Crippen molar-refractivity contribution in [1.29, 1.82) is 0 Å². The van der Waals surface area contributed by atoms with E-state index in [4.69, 9.17) is 9.47 Å². The minimum absolute atomic E-state index is 0.326. The quantitative estimate of drug-likeness (QED) is 0.417. The lowest BCUT2D eigenvalue weighted by molar-refractivity contribution is 0.0517. The van der Waals surface area contributed by atoms with Gasteiger partial charge >= 0.3 is 11.9 Å². The van der Waals surface area contributed by atoms with Gasteiger partial charge in [-0.2, -0.15) is 0 Å². The molecule has 0 amide bonds. The van der Waals surface area contributed by atoms with Crippen LogP contribution in [0.3, 0.4) is 0 Å². The van der Waals surface area contributed by atoms with Crippen LogP contribution in [0.2, 0.25) is 0 Å². The fraction of sp³-hybridized carbons (Fsp3) is 0.200. The SMILES string of the molecule is CCOC(=O)c1ccc2c3ccc(C(=O)OCC)cc3n(Cc3ccccc3)c2c1. The smallest absolute Gasteiger partial charge is 0.338 e. The molecule has 4 rings (SSSR count). The number of rotatable bonds is 6. The number of hydrogen-bond donors (Lipinski definition) is 0. The molecular weight excluding hydrogens is 378 g/mol. The van der Waals surface area contributed by atoms with Crippen molar-refractivity contribution < 1.29 is 19.1 Å². The van der Waals surface area contributed by atoms with Crippen LogP contribution in [0.1, 0.15) is 40.1 Å². The van der Waals surface area contributed by atoms with Crippen molar-refractivity contribution in [2.24, 2.45) is 0 Å². The Labute approximate surface area is 174 Å². The molecule has 1 aromatic heterocycles. The van der Waals surface area contributed by atoms with Crippen molar-refractivity contribution in [3.05, 3.63) is 83.4 Å². The van der Waals surface area contributed by atoms with Gasteiger partial charge in [0.25, 0.3) is 0 Å². The number of carbonyl (C=O) groups excluding carboxylic acids is 2. The molecule has 0 aliphatic rings. The van der Waals surface area contributed by atoms with E-state index in [9.17, 15) is 9.59 Å². The van der Waals surface area contributed by atoms with Crippen LogP contribution in [-0.2, 0) is 16.0 Å². The third kappa shape index (κ3) is 3.66. The second kappa shape index (κ2) is 8.41. The molecule has 0 fully saturated rings. The van der Waals surface area contributed by atoms with Crippen molar-refractivity contribution in [1.82, 2.24) is 4.57 Å². The van der Waals surface area contributed by atoms with E-state index in [0.29, 0.717) is 30.9 Å². The molecule has 152 valence electrons. The predicted molar refractivity (Wildman–Crippen MR) is 117 cm³/mol. The lowest BCUT2D eigenvalue weighted by Crippen LogP contribution is -2.06. The minimum Gasteiger partial charge on any atom is -0.462 e. The Kier molecular flexibility index (Phi) is 5.53. The summed E-state index contributed by atoms with van der Waals surface area (Å²) in [6, 6.07) is 21.3. The Morgan fingerprint density at radius 2 is 1.23 bits per heavy atom. The van der Waals surface area contributed by atoms with Crippen molar-refractivity contribution in [3.8, 4) is 0 Å². The molecule has 3 aromatic carbocycles. The van der Waals surface area contributed by atoms with Crippen LogP contribution >= 0.6 is 0 Å². The fourth-order valence-corrected chi connectivity index (χ4v) is 3.71. The molecule has 0 aliphatic carbocycles. The molecule has 5 heteroatoms. The first-order valence-corrected chi connectivity index (χ1v) is 10.1. The fourth-order valence-electron chi connectivity index (χ4n) is 3.71. The predicted octanol–water partition coefficient (Wildman–Crippen LogP) is 5.20. The summed E-state index contributed by atoms with van der Waals surface area (Å²) in [5, 5.41) is 2.04. The van der Waals surface area contributed by atoms with E-state index in [0.717, 1.165) is 27.4 Å². The lowest BCUT2D eigenvalue weighted by Gasteiger charge is -2.09. The summed E-state index contributed by atoms with van der Waals surface area (Å²) in [6.45, 7) is 4.85. The number of benzene rings is 3. The van der Waals surface area contributed by atoms with E-state index in [1.54, 1.807) is 26.0 Å². The highest BCUT2D eigenvalue weighted by atomic mass is 16.5. The van der Waals surface area contributed by atoms with Gasteiger partial charge in [-0.15, -0.1) is 0 Å². The Balaban J connectivity index is 1.93. The van der Waals surface area contributed by atoms with Crippen molar-refractivity contribution >= 4 is 33.7 Å². The number of carbonyl (C=O) groups is 2.